The zero-order valence-electron chi connectivity index (χ0n) is 26.1. The molecule has 0 unspecified atom stereocenters. The van der Waals surface area contributed by atoms with Crippen molar-refractivity contribution in [2.75, 3.05) is 52.4 Å². The highest BCUT2D eigenvalue weighted by Gasteiger charge is 2.32. The van der Waals surface area contributed by atoms with Gasteiger partial charge in [-0.3, -0.25) is 9.48 Å². The number of hydrogen-bond donors (Lipinski definition) is 0. The highest BCUT2D eigenvalue weighted by molar-refractivity contribution is 7.18. The van der Waals surface area contributed by atoms with Gasteiger partial charge in [-0.1, -0.05) is 6.58 Å². The van der Waals surface area contributed by atoms with Gasteiger partial charge in [0.05, 0.1) is 31.0 Å². The second-order valence-corrected chi connectivity index (χ2v) is 12.7. The van der Waals surface area contributed by atoms with E-state index < -0.39 is 11.6 Å². The molecule has 4 aromatic rings. The second-order valence-electron chi connectivity index (χ2n) is 11.8. The fraction of sp³-hybridized carbons (Fsp3) is 0.424. The van der Waals surface area contributed by atoms with Crippen LogP contribution in [-0.4, -0.2) is 90.1 Å². The molecule has 5 heterocycles. The summed E-state index contributed by atoms with van der Waals surface area (Å²) < 4.78 is 44.3. The van der Waals surface area contributed by atoms with Crippen molar-refractivity contribution in [3.8, 4) is 28.3 Å². The Morgan fingerprint density at radius 2 is 1.96 bits per heavy atom. The number of hydrogen-bond acceptors (Lipinski definition) is 8. The molecule has 2 aliphatic rings. The lowest BCUT2D eigenvalue weighted by molar-refractivity contribution is -0.129. The van der Waals surface area contributed by atoms with Gasteiger partial charge < -0.3 is 24.2 Å². The molecule has 45 heavy (non-hydrogen) atoms. The van der Waals surface area contributed by atoms with E-state index in [2.05, 4.69) is 30.5 Å². The van der Waals surface area contributed by atoms with Crippen molar-refractivity contribution < 1.29 is 23.0 Å². The number of benzene rings is 1. The molecule has 1 saturated heterocycles. The van der Waals surface area contributed by atoms with E-state index in [9.17, 15) is 9.18 Å². The first-order valence-electron chi connectivity index (χ1n) is 15.1. The minimum atomic E-state index is -0.750. The van der Waals surface area contributed by atoms with Crippen LogP contribution in [-0.2, 0) is 22.6 Å². The molecule has 238 valence electrons. The molecule has 0 bridgehead atoms. The predicted molar refractivity (Wildman–Crippen MR) is 173 cm³/mol. The van der Waals surface area contributed by atoms with Crippen molar-refractivity contribution >= 4 is 33.1 Å². The van der Waals surface area contributed by atoms with Crippen molar-refractivity contribution in [2.24, 2.45) is 0 Å². The van der Waals surface area contributed by atoms with Crippen LogP contribution in [0.15, 0.2) is 42.3 Å². The number of carbonyl (C=O) groups excluding carboxylic acids is 1. The fourth-order valence-corrected chi connectivity index (χ4v) is 7.29. The lowest BCUT2D eigenvalue weighted by Gasteiger charge is -2.36. The number of aromatic nitrogens is 3. The van der Waals surface area contributed by atoms with Gasteiger partial charge in [-0.25, -0.2) is 13.8 Å². The maximum atomic E-state index is 16.0. The van der Waals surface area contributed by atoms with Crippen molar-refractivity contribution in [3.63, 3.8) is 0 Å². The standard InChI is InChI=1S/C33H38F2N6O3S/c1-6-28(42)40-19-23-17-26(37-41(23)18-20(40)2)31-30(29-25(35)15-21(34)16-27(29)44-13-12-43-5)32-24(9-14-45-32)33(36-31)39-10-7-22(8-11-39)38(3)4/h6,9,14-17,20,22H,1,7-8,10-13,18-19H2,2-5H3/t20-/m1/s1. The molecule has 1 atom stereocenters. The van der Waals surface area contributed by atoms with Crippen LogP contribution < -0.4 is 9.64 Å². The summed E-state index contributed by atoms with van der Waals surface area (Å²) in [6.07, 6.45) is 3.30. The van der Waals surface area contributed by atoms with Gasteiger partial charge in [0.15, 0.2) is 0 Å². The number of pyridine rings is 1. The van der Waals surface area contributed by atoms with Gasteiger partial charge in [0.25, 0.3) is 0 Å². The topological polar surface area (TPSA) is 76.0 Å². The van der Waals surface area contributed by atoms with Gasteiger partial charge >= 0.3 is 0 Å². The molecule has 6 rings (SSSR count). The van der Waals surface area contributed by atoms with E-state index in [4.69, 9.17) is 19.6 Å². The smallest absolute Gasteiger partial charge is 0.246 e. The van der Waals surface area contributed by atoms with Crippen LogP contribution in [0.2, 0.25) is 0 Å². The predicted octanol–water partition coefficient (Wildman–Crippen LogP) is 5.58. The lowest BCUT2D eigenvalue weighted by Crippen LogP contribution is -2.44. The third-order valence-electron chi connectivity index (χ3n) is 8.76. The SMILES string of the molecule is C=CC(=O)N1Cc2cc(-c3nc(N4CCC(N(C)C)CC4)c4ccsc4c3-c3c(F)cc(F)cc3OCCOC)nn2C[C@H]1C. The molecule has 12 heteroatoms. The number of ether oxygens (including phenoxy) is 2. The Morgan fingerprint density at radius 1 is 1.18 bits per heavy atom. The van der Waals surface area contributed by atoms with E-state index in [1.54, 1.807) is 12.0 Å². The summed E-state index contributed by atoms with van der Waals surface area (Å²) in [5, 5.41) is 7.83. The number of amides is 1. The highest BCUT2D eigenvalue weighted by atomic mass is 32.1. The zero-order valence-corrected chi connectivity index (χ0v) is 26.9. The first-order valence-corrected chi connectivity index (χ1v) is 16.0. The summed E-state index contributed by atoms with van der Waals surface area (Å²) in [6, 6.07) is 6.40. The van der Waals surface area contributed by atoms with Crippen molar-refractivity contribution in [1.29, 1.82) is 0 Å². The first-order chi connectivity index (χ1) is 21.7. The summed E-state index contributed by atoms with van der Waals surface area (Å²) in [6.45, 7) is 8.50. The average molecular weight is 637 g/mol. The van der Waals surface area contributed by atoms with E-state index in [1.807, 2.05) is 29.1 Å². The number of anilines is 1. The number of carbonyl (C=O) groups is 1. The van der Waals surface area contributed by atoms with Crippen LogP contribution in [0.3, 0.4) is 0 Å². The number of piperidine rings is 1. The molecule has 2 aliphatic heterocycles. The Labute approximate surface area is 265 Å². The molecule has 0 radical (unpaired) electrons. The maximum Gasteiger partial charge on any atom is 0.246 e. The van der Waals surface area contributed by atoms with E-state index in [0.29, 0.717) is 36.1 Å². The van der Waals surface area contributed by atoms with Gasteiger partial charge in [-0.15, -0.1) is 11.3 Å². The molecule has 3 aromatic heterocycles. The van der Waals surface area contributed by atoms with Gasteiger partial charge in [0.2, 0.25) is 5.91 Å². The van der Waals surface area contributed by atoms with Crippen LogP contribution in [0.4, 0.5) is 14.6 Å². The van der Waals surface area contributed by atoms with Crippen molar-refractivity contribution in [2.45, 2.75) is 44.9 Å². The number of methoxy groups -OCH3 is 1. The highest BCUT2D eigenvalue weighted by Crippen LogP contribution is 2.47. The zero-order chi connectivity index (χ0) is 31.8. The van der Waals surface area contributed by atoms with Gasteiger partial charge in [-0.2, -0.15) is 5.10 Å². The third-order valence-corrected chi connectivity index (χ3v) is 9.69. The Hall–Kier alpha value is -3.87. The van der Waals surface area contributed by atoms with Crippen LogP contribution >= 0.6 is 11.3 Å². The second kappa shape index (κ2) is 12.9. The third kappa shape index (κ3) is 5.94. The monoisotopic (exact) mass is 636 g/mol. The molecular weight excluding hydrogens is 598 g/mol. The Kier molecular flexibility index (Phi) is 8.89. The lowest BCUT2D eigenvalue weighted by atomic mass is 9.98. The number of nitrogens with zero attached hydrogens (tertiary/aromatic N) is 6. The van der Waals surface area contributed by atoms with E-state index in [-0.39, 0.29) is 36.5 Å². The summed E-state index contributed by atoms with van der Waals surface area (Å²) in [5.41, 5.74) is 2.49. The fourth-order valence-electron chi connectivity index (χ4n) is 6.35. The average Bonchev–Trinajstić information content (AvgIpc) is 3.67. The van der Waals surface area contributed by atoms with E-state index in [1.165, 1.54) is 23.5 Å². The van der Waals surface area contributed by atoms with E-state index in [0.717, 1.165) is 53.6 Å². The van der Waals surface area contributed by atoms with E-state index >= 15 is 4.39 Å². The van der Waals surface area contributed by atoms with Crippen LogP contribution in [0, 0.1) is 11.6 Å². The number of fused-ring (bicyclic) bond motifs is 2. The molecule has 1 fully saturated rings. The molecule has 1 aromatic carbocycles. The molecule has 1 amide bonds. The van der Waals surface area contributed by atoms with Crippen molar-refractivity contribution in [3.05, 3.63) is 59.6 Å². The number of rotatable bonds is 9. The Bertz CT molecular complexity index is 1730. The van der Waals surface area contributed by atoms with Gasteiger partial charge in [-0.05, 0) is 57.4 Å². The summed E-state index contributed by atoms with van der Waals surface area (Å²) in [4.78, 5) is 24.1. The van der Waals surface area contributed by atoms with Crippen LogP contribution in [0.1, 0.15) is 25.5 Å². The van der Waals surface area contributed by atoms with Crippen LogP contribution in [0.5, 0.6) is 5.75 Å². The minimum absolute atomic E-state index is 0.0715. The quantitative estimate of drug-likeness (QED) is 0.176. The molecular formula is C33H38F2N6O3S. The minimum Gasteiger partial charge on any atom is -0.490 e. The molecule has 0 aliphatic carbocycles. The van der Waals surface area contributed by atoms with Crippen LogP contribution in [0.25, 0.3) is 32.6 Å². The van der Waals surface area contributed by atoms with Gasteiger partial charge in [0, 0.05) is 60.1 Å². The normalized spacial score (nSPS) is 17.3. The summed E-state index contributed by atoms with van der Waals surface area (Å²) in [7, 11) is 5.76. The Balaban J connectivity index is 1.55. The van der Waals surface area contributed by atoms with Gasteiger partial charge in [0.1, 0.15) is 41.2 Å². The number of halogens is 2. The number of thiophene rings is 1. The largest absolute Gasteiger partial charge is 0.490 e. The molecule has 0 spiro atoms. The maximum absolute atomic E-state index is 16.0. The summed E-state index contributed by atoms with van der Waals surface area (Å²) >= 11 is 1.48. The first kappa shape index (κ1) is 31.1. The molecule has 0 saturated carbocycles. The van der Waals surface area contributed by atoms with Crippen molar-refractivity contribution in [1.82, 2.24) is 24.6 Å². The Morgan fingerprint density at radius 3 is 2.67 bits per heavy atom. The summed E-state index contributed by atoms with van der Waals surface area (Å²) in [5.74, 6) is -0.749. The molecule has 9 nitrogen and oxygen atoms in total. The molecule has 0 N–H and O–H groups in total.